The standard InChI is InChI=1S/C41H40F3N3O7/c1-26(48)47-23-21-31(22-24-47)54-40(52)29-16-18-30(19-17-29)53-36(49)14-7-9-27-15-20-35(33(25-27)39(51)46(2)3)45-38(50)37-32(28-10-5-4-6-11-28)12-8-13-34(37)41(42,43)44/h4-6,8,10-13,15-20,25,31H,7,9,14,21-24H2,1-3H3,(H,45,50). The monoisotopic (exact) mass is 743 g/mol. The molecule has 1 N–H and O–H groups in total. The fraction of sp³-hybridized carbons (Fsp3) is 0.293. The molecule has 4 aromatic carbocycles. The van der Waals surface area contributed by atoms with E-state index in [1.807, 2.05) is 0 Å². The Kier molecular flexibility index (Phi) is 12.5. The molecule has 0 atom stereocenters. The highest BCUT2D eigenvalue weighted by Crippen LogP contribution is 2.37. The van der Waals surface area contributed by atoms with Crippen LogP contribution in [0.25, 0.3) is 11.1 Å². The molecule has 0 aliphatic carbocycles. The molecule has 0 radical (unpaired) electrons. The van der Waals surface area contributed by atoms with Gasteiger partial charge < -0.3 is 24.6 Å². The molecule has 54 heavy (non-hydrogen) atoms. The summed E-state index contributed by atoms with van der Waals surface area (Å²) in [5, 5.41) is 2.55. The van der Waals surface area contributed by atoms with Crippen LogP contribution in [0.4, 0.5) is 18.9 Å². The second-order valence-electron chi connectivity index (χ2n) is 13.1. The summed E-state index contributed by atoms with van der Waals surface area (Å²) in [5.74, 6) is -2.30. The Bertz CT molecular complexity index is 2010. The molecule has 1 aliphatic heterocycles. The van der Waals surface area contributed by atoms with Crippen molar-refractivity contribution in [1.29, 1.82) is 0 Å². The molecule has 13 heteroatoms. The number of likely N-dealkylation sites (tertiary alicyclic amines) is 1. The van der Waals surface area contributed by atoms with Crippen molar-refractivity contribution in [2.75, 3.05) is 32.5 Å². The maximum Gasteiger partial charge on any atom is 0.417 e. The second-order valence-corrected chi connectivity index (χ2v) is 13.1. The summed E-state index contributed by atoms with van der Waals surface area (Å²) in [7, 11) is 3.03. The van der Waals surface area contributed by atoms with Crippen molar-refractivity contribution in [1.82, 2.24) is 9.80 Å². The van der Waals surface area contributed by atoms with Gasteiger partial charge in [0.2, 0.25) is 5.91 Å². The fourth-order valence-corrected chi connectivity index (χ4v) is 6.14. The van der Waals surface area contributed by atoms with Gasteiger partial charge in [0.05, 0.1) is 27.9 Å². The summed E-state index contributed by atoms with van der Waals surface area (Å²) < 4.78 is 53.5. The number of benzene rings is 4. The minimum absolute atomic E-state index is 0.00949. The number of hydrogen-bond acceptors (Lipinski definition) is 7. The highest BCUT2D eigenvalue weighted by atomic mass is 19.4. The smallest absolute Gasteiger partial charge is 0.417 e. The lowest BCUT2D eigenvalue weighted by atomic mass is 9.94. The van der Waals surface area contributed by atoms with E-state index in [0.29, 0.717) is 55.5 Å². The molecule has 0 saturated carbocycles. The third-order valence-electron chi connectivity index (χ3n) is 8.98. The van der Waals surface area contributed by atoms with Gasteiger partial charge in [0, 0.05) is 53.4 Å². The minimum Gasteiger partial charge on any atom is -0.459 e. The van der Waals surface area contributed by atoms with Crippen molar-refractivity contribution in [3.8, 4) is 16.9 Å². The quantitative estimate of drug-likeness (QED) is 0.125. The van der Waals surface area contributed by atoms with Gasteiger partial charge in [-0.1, -0.05) is 48.5 Å². The Balaban J connectivity index is 1.21. The van der Waals surface area contributed by atoms with Gasteiger partial charge in [-0.05, 0) is 72.0 Å². The molecule has 4 aromatic rings. The molecule has 0 bridgehead atoms. The average molecular weight is 744 g/mol. The van der Waals surface area contributed by atoms with Crippen LogP contribution < -0.4 is 10.1 Å². The van der Waals surface area contributed by atoms with E-state index >= 15 is 0 Å². The molecule has 282 valence electrons. The highest BCUT2D eigenvalue weighted by Gasteiger charge is 2.37. The molecule has 10 nitrogen and oxygen atoms in total. The van der Waals surface area contributed by atoms with E-state index in [9.17, 15) is 37.1 Å². The van der Waals surface area contributed by atoms with Crippen molar-refractivity contribution < 1.29 is 46.6 Å². The van der Waals surface area contributed by atoms with Gasteiger partial charge >= 0.3 is 18.1 Å². The Morgan fingerprint density at radius 3 is 2.19 bits per heavy atom. The summed E-state index contributed by atoms with van der Waals surface area (Å²) in [6.07, 6.45) is -3.27. The summed E-state index contributed by atoms with van der Waals surface area (Å²) >= 11 is 0. The van der Waals surface area contributed by atoms with Crippen LogP contribution >= 0.6 is 0 Å². The number of hydrogen-bond donors (Lipinski definition) is 1. The first-order valence-corrected chi connectivity index (χ1v) is 17.4. The van der Waals surface area contributed by atoms with Gasteiger partial charge in [-0.3, -0.25) is 19.2 Å². The number of rotatable bonds is 11. The van der Waals surface area contributed by atoms with Gasteiger partial charge in [-0.15, -0.1) is 0 Å². The zero-order valence-electron chi connectivity index (χ0n) is 30.1. The van der Waals surface area contributed by atoms with Crippen LogP contribution in [0.1, 0.15) is 74.8 Å². The maximum atomic E-state index is 14.2. The summed E-state index contributed by atoms with van der Waals surface area (Å²) in [6, 6.07) is 22.4. The Morgan fingerprint density at radius 1 is 0.870 bits per heavy atom. The number of esters is 2. The number of carbonyl (C=O) groups is 5. The van der Waals surface area contributed by atoms with Crippen molar-refractivity contribution in [3.05, 3.63) is 119 Å². The van der Waals surface area contributed by atoms with E-state index in [1.165, 1.54) is 68.4 Å². The SMILES string of the molecule is CC(=O)N1CCC(OC(=O)c2ccc(OC(=O)CCCc3ccc(NC(=O)c4c(-c5ccccc5)cccc4C(F)(F)F)c(C(=O)N(C)C)c3)cc2)CC1. The molecular weight excluding hydrogens is 703 g/mol. The first-order chi connectivity index (χ1) is 25.7. The molecule has 3 amide bonds. The van der Waals surface area contributed by atoms with Crippen LogP contribution in [0.15, 0.2) is 91.0 Å². The molecular formula is C41H40F3N3O7. The number of piperidine rings is 1. The topological polar surface area (TPSA) is 122 Å². The predicted molar refractivity (Wildman–Crippen MR) is 195 cm³/mol. The maximum absolute atomic E-state index is 14.2. The van der Waals surface area contributed by atoms with Crippen molar-refractivity contribution in [2.24, 2.45) is 0 Å². The number of ether oxygens (including phenoxy) is 2. The molecule has 0 unspecified atom stereocenters. The number of amides is 3. The number of carbonyl (C=O) groups excluding carboxylic acids is 5. The number of anilines is 1. The number of halogens is 3. The van der Waals surface area contributed by atoms with Gasteiger partial charge in [0.25, 0.3) is 11.8 Å². The Hall–Kier alpha value is -5.98. The van der Waals surface area contributed by atoms with Gasteiger partial charge in [-0.25, -0.2) is 4.79 Å². The minimum atomic E-state index is -4.82. The van der Waals surface area contributed by atoms with Gasteiger partial charge in [-0.2, -0.15) is 13.2 Å². The van der Waals surface area contributed by atoms with E-state index < -0.39 is 41.1 Å². The van der Waals surface area contributed by atoms with Crippen molar-refractivity contribution in [3.63, 3.8) is 0 Å². The lowest BCUT2D eigenvalue weighted by Crippen LogP contribution is -2.40. The zero-order chi connectivity index (χ0) is 39.0. The first-order valence-electron chi connectivity index (χ1n) is 17.4. The highest BCUT2D eigenvalue weighted by molar-refractivity contribution is 6.12. The summed E-state index contributed by atoms with van der Waals surface area (Å²) in [4.78, 5) is 66.6. The molecule has 0 spiro atoms. The predicted octanol–water partition coefficient (Wildman–Crippen LogP) is 7.42. The largest absolute Gasteiger partial charge is 0.459 e. The summed E-state index contributed by atoms with van der Waals surface area (Å²) in [5.41, 5.74) is -0.118. The fourth-order valence-electron chi connectivity index (χ4n) is 6.14. The molecule has 1 saturated heterocycles. The normalized spacial score (nSPS) is 13.2. The molecule has 0 aromatic heterocycles. The van der Waals surface area contributed by atoms with Crippen LogP contribution in [0.5, 0.6) is 5.75 Å². The molecule has 1 fully saturated rings. The van der Waals surface area contributed by atoms with Crippen molar-refractivity contribution >= 4 is 35.3 Å². The number of aryl methyl sites for hydroxylation is 1. The molecule has 1 heterocycles. The third kappa shape index (κ3) is 9.91. The first kappa shape index (κ1) is 39.2. The average Bonchev–Trinajstić information content (AvgIpc) is 3.15. The Labute approximate surface area is 310 Å². The third-order valence-corrected chi connectivity index (χ3v) is 8.98. The van der Waals surface area contributed by atoms with E-state index in [1.54, 1.807) is 47.4 Å². The lowest BCUT2D eigenvalue weighted by molar-refractivity contribution is -0.138. The van der Waals surface area contributed by atoms with E-state index in [4.69, 9.17) is 9.47 Å². The molecule has 5 rings (SSSR count). The van der Waals surface area contributed by atoms with E-state index in [0.717, 1.165) is 6.07 Å². The van der Waals surface area contributed by atoms with E-state index in [-0.39, 0.29) is 41.0 Å². The van der Waals surface area contributed by atoms with Gasteiger partial charge in [0.1, 0.15) is 11.9 Å². The van der Waals surface area contributed by atoms with Crippen LogP contribution in [-0.4, -0.2) is 72.7 Å². The Morgan fingerprint density at radius 2 is 1.56 bits per heavy atom. The number of nitrogens with one attached hydrogen (secondary N) is 1. The number of nitrogens with zero attached hydrogens (tertiary/aromatic N) is 2. The molecule has 1 aliphatic rings. The summed E-state index contributed by atoms with van der Waals surface area (Å²) in [6.45, 7) is 2.56. The van der Waals surface area contributed by atoms with Crippen LogP contribution in [0.2, 0.25) is 0 Å². The van der Waals surface area contributed by atoms with Crippen molar-refractivity contribution in [2.45, 2.75) is 51.3 Å². The van der Waals surface area contributed by atoms with Crippen LogP contribution in [0.3, 0.4) is 0 Å². The number of alkyl halides is 3. The van der Waals surface area contributed by atoms with E-state index in [2.05, 4.69) is 5.32 Å². The van der Waals surface area contributed by atoms with Gasteiger partial charge in [0.15, 0.2) is 0 Å². The second kappa shape index (κ2) is 17.2. The van der Waals surface area contributed by atoms with Crippen LogP contribution in [-0.2, 0) is 26.9 Å². The van der Waals surface area contributed by atoms with Crippen LogP contribution in [0, 0.1) is 0 Å². The zero-order valence-corrected chi connectivity index (χ0v) is 30.1. The lowest BCUT2D eigenvalue weighted by Gasteiger charge is -2.30.